The molecule has 1 aliphatic heterocycles. The summed E-state index contributed by atoms with van der Waals surface area (Å²) in [6.45, 7) is 3.26. The summed E-state index contributed by atoms with van der Waals surface area (Å²) in [5.74, 6) is -1.76. The number of sulfonamides is 1. The third-order valence-corrected chi connectivity index (χ3v) is 8.97. The molecule has 0 saturated carbocycles. The molecule has 11 heteroatoms. The second-order valence-electron chi connectivity index (χ2n) is 7.47. The third-order valence-electron chi connectivity index (χ3n) is 5.25. The minimum atomic E-state index is -3.75. The number of rotatable bonds is 5. The van der Waals surface area contributed by atoms with Crippen molar-refractivity contribution in [2.45, 2.75) is 18.2 Å². The zero-order valence-electron chi connectivity index (χ0n) is 17.0. The number of benzene rings is 2. The molecule has 1 aliphatic rings. The van der Waals surface area contributed by atoms with E-state index >= 15 is 0 Å². The summed E-state index contributed by atoms with van der Waals surface area (Å²) in [7, 11) is -3.75. The van der Waals surface area contributed by atoms with Crippen LogP contribution in [-0.4, -0.2) is 43.9 Å². The van der Waals surface area contributed by atoms with Gasteiger partial charge in [-0.25, -0.2) is 22.2 Å². The van der Waals surface area contributed by atoms with Gasteiger partial charge in [-0.2, -0.15) is 4.31 Å². The van der Waals surface area contributed by atoms with Crippen molar-refractivity contribution >= 4 is 49.7 Å². The van der Waals surface area contributed by atoms with Gasteiger partial charge in [0.1, 0.15) is 4.90 Å². The second-order valence-corrected chi connectivity index (χ2v) is 11.0. The van der Waals surface area contributed by atoms with E-state index < -0.39 is 21.7 Å². The molecule has 2 aromatic carbocycles. The van der Waals surface area contributed by atoms with Crippen LogP contribution in [0.4, 0.5) is 13.9 Å². The van der Waals surface area contributed by atoms with Gasteiger partial charge in [-0.05, 0) is 42.3 Å². The average Bonchev–Trinajstić information content (AvgIpc) is 3.22. The van der Waals surface area contributed by atoms with Gasteiger partial charge in [0.25, 0.3) is 0 Å². The number of halogens is 4. The van der Waals surface area contributed by atoms with Gasteiger partial charge in [-0.3, -0.25) is 0 Å². The van der Waals surface area contributed by atoms with Crippen molar-refractivity contribution in [3.8, 4) is 0 Å². The Morgan fingerprint density at radius 1 is 1.03 bits per heavy atom. The predicted octanol–water partition coefficient (Wildman–Crippen LogP) is 5.14. The van der Waals surface area contributed by atoms with E-state index in [1.54, 1.807) is 6.92 Å². The summed E-state index contributed by atoms with van der Waals surface area (Å²) in [6.07, 6.45) is 0.385. The first-order valence-electron chi connectivity index (χ1n) is 9.74. The van der Waals surface area contributed by atoms with Gasteiger partial charge >= 0.3 is 0 Å². The van der Waals surface area contributed by atoms with Crippen LogP contribution in [0.3, 0.4) is 0 Å². The van der Waals surface area contributed by atoms with Crippen LogP contribution < -0.4 is 4.90 Å². The number of thiazole rings is 1. The molecule has 0 atom stereocenters. The highest BCUT2D eigenvalue weighted by Crippen LogP contribution is 2.31. The smallest absolute Gasteiger partial charge is 0.244 e. The Kier molecular flexibility index (Phi) is 6.74. The predicted molar refractivity (Wildman–Crippen MR) is 123 cm³/mol. The molecule has 0 unspecified atom stereocenters. The average molecular weight is 518 g/mol. The first kappa shape index (κ1) is 23.4. The lowest BCUT2D eigenvalue weighted by Crippen LogP contribution is -2.48. The third kappa shape index (κ3) is 4.77. The number of nitrogens with zero attached hydrogens (tertiary/aromatic N) is 3. The summed E-state index contributed by atoms with van der Waals surface area (Å²) in [5, 5.41) is 3.15. The van der Waals surface area contributed by atoms with Crippen molar-refractivity contribution in [3.05, 3.63) is 74.2 Å². The van der Waals surface area contributed by atoms with Crippen molar-refractivity contribution in [1.29, 1.82) is 0 Å². The van der Waals surface area contributed by atoms with Crippen molar-refractivity contribution < 1.29 is 17.2 Å². The molecule has 0 amide bonds. The standard InChI is InChI=1S/C21H19Cl2F2N3O2S2/c1-13-8-20(17(23)11-16(13)22)32(29,30)28-6-4-27(5-7-28)21-26-15(12-31-21)9-14-2-3-18(24)19(25)10-14/h2-3,8,10-12H,4-7,9H2,1H3. The van der Waals surface area contributed by atoms with E-state index in [0.717, 1.165) is 16.9 Å². The van der Waals surface area contributed by atoms with Gasteiger partial charge in [-0.1, -0.05) is 29.3 Å². The molecule has 4 rings (SSSR count). The van der Waals surface area contributed by atoms with Crippen LogP contribution in [0.2, 0.25) is 10.0 Å². The lowest BCUT2D eigenvalue weighted by Gasteiger charge is -2.34. The second kappa shape index (κ2) is 9.23. The molecular weight excluding hydrogens is 499 g/mol. The zero-order valence-corrected chi connectivity index (χ0v) is 20.1. The first-order chi connectivity index (χ1) is 15.1. The van der Waals surface area contributed by atoms with Crippen molar-refractivity contribution in [3.63, 3.8) is 0 Å². The monoisotopic (exact) mass is 517 g/mol. The Labute approximate surface area is 199 Å². The highest BCUT2D eigenvalue weighted by atomic mass is 35.5. The van der Waals surface area contributed by atoms with Gasteiger partial charge in [0, 0.05) is 43.0 Å². The van der Waals surface area contributed by atoms with Crippen LogP contribution in [0.5, 0.6) is 0 Å². The number of aromatic nitrogens is 1. The number of hydrogen-bond acceptors (Lipinski definition) is 5. The number of anilines is 1. The highest BCUT2D eigenvalue weighted by molar-refractivity contribution is 7.89. The fraction of sp³-hybridized carbons (Fsp3) is 0.286. The topological polar surface area (TPSA) is 53.5 Å². The van der Waals surface area contributed by atoms with E-state index in [-0.39, 0.29) is 9.92 Å². The molecule has 0 N–H and O–H groups in total. The van der Waals surface area contributed by atoms with Crippen molar-refractivity contribution in [2.24, 2.45) is 0 Å². The van der Waals surface area contributed by atoms with Crippen LogP contribution in [0.15, 0.2) is 40.6 Å². The molecule has 170 valence electrons. The number of piperazine rings is 1. The van der Waals surface area contributed by atoms with Crippen LogP contribution in [0, 0.1) is 18.6 Å². The summed E-state index contributed by atoms with van der Waals surface area (Å²) < 4.78 is 54.1. The lowest BCUT2D eigenvalue weighted by atomic mass is 10.1. The van der Waals surface area contributed by atoms with Crippen LogP contribution in [0.1, 0.15) is 16.8 Å². The molecule has 0 radical (unpaired) electrons. The van der Waals surface area contributed by atoms with E-state index in [2.05, 4.69) is 4.98 Å². The fourth-order valence-corrected chi connectivity index (χ4v) is 6.58. The summed E-state index contributed by atoms with van der Waals surface area (Å²) in [4.78, 5) is 6.65. The summed E-state index contributed by atoms with van der Waals surface area (Å²) in [6, 6.07) is 6.75. The molecule has 1 fully saturated rings. The van der Waals surface area contributed by atoms with E-state index in [4.69, 9.17) is 23.2 Å². The largest absolute Gasteiger partial charge is 0.345 e. The Hall–Kier alpha value is -1.78. The molecule has 3 aromatic rings. The van der Waals surface area contributed by atoms with Crippen LogP contribution in [-0.2, 0) is 16.4 Å². The molecule has 0 bridgehead atoms. The zero-order chi connectivity index (χ0) is 23.0. The SMILES string of the molecule is Cc1cc(S(=O)(=O)N2CCN(c3nc(Cc4ccc(F)c(F)c4)cs3)CC2)c(Cl)cc1Cl. The molecule has 2 heterocycles. The fourth-order valence-electron chi connectivity index (χ4n) is 3.47. The molecule has 1 aromatic heterocycles. The lowest BCUT2D eigenvalue weighted by molar-refractivity contribution is 0.384. The summed E-state index contributed by atoms with van der Waals surface area (Å²) in [5.41, 5.74) is 2.02. The Morgan fingerprint density at radius 2 is 1.75 bits per heavy atom. The van der Waals surface area contributed by atoms with Crippen LogP contribution in [0.25, 0.3) is 0 Å². The molecule has 0 aliphatic carbocycles. The van der Waals surface area contributed by atoms with Gasteiger partial charge in [0.15, 0.2) is 16.8 Å². The number of aryl methyl sites for hydroxylation is 1. The van der Waals surface area contributed by atoms with E-state index in [0.29, 0.717) is 48.7 Å². The molecule has 0 spiro atoms. The van der Waals surface area contributed by atoms with Crippen molar-refractivity contribution in [1.82, 2.24) is 9.29 Å². The minimum absolute atomic E-state index is 0.0533. The maximum Gasteiger partial charge on any atom is 0.244 e. The Bertz CT molecular complexity index is 1260. The van der Waals surface area contributed by atoms with Gasteiger partial charge < -0.3 is 4.90 Å². The van der Waals surface area contributed by atoms with E-state index in [9.17, 15) is 17.2 Å². The number of hydrogen-bond donors (Lipinski definition) is 0. The van der Waals surface area contributed by atoms with E-state index in [1.807, 2.05) is 10.3 Å². The maximum atomic E-state index is 13.4. The van der Waals surface area contributed by atoms with E-state index in [1.165, 1.54) is 39.9 Å². The van der Waals surface area contributed by atoms with Crippen molar-refractivity contribution in [2.75, 3.05) is 31.1 Å². The molecule has 32 heavy (non-hydrogen) atoms. The molecule has 5 nitrogen and oxygen atoms in total. The highest BCUT2D eigenvalue weighted by Gasteiger charge is 2.31. The van der Waals surface area contributed by atoms with Gasteiger partial charge in [-0.15, -0.1) is 11.3 Å². The molecular formula is C21H19Cl2F2N3O2S2. The quantitative estimate of drug-likeness (QED) is 0.470. The van der Waals surface area contributed by atoms with Gasteiger partial charge in [0.05, 0.1) is 10.7 Å². The normalized spacial score (nSPS) is 15.3. The molecule has 1 saturated heterocycles. The minimum Gasteiger partial charge on any atom is -0.345 e. The Morgan fingerprint density at radius 3 is 2.44 bits per heavy atom. The van der Waals surface area contributed by atoms with Gasteiger partial charge in [0.2, 0.25) is 10.0 Å². The Balaban J connectivity index is 1.43. The maximum absolute atomic E-state index is 13.4. The summed E-state index contributed by atoms with van der Waals surface area (Å²) >= 11 is 13.6. The first-order valence-corrected chi connectivity index (χ1v) is 12.8. The van der Waals surface area contributed by atoms with Crippen LogP contribution >= 0.6 is 34.5 Å².